The minimum atomic E-state index is -3.84. The summed E-state index contributed by atoms with van der Waals surface area (Å²) >= 11 is 0. The van der Waals surface area contributed by atoms with Crippen LogP contribution in [0.5, 0.6) is 0 Å². The van der Waals surface area contributed by atoms with Gasteiger partial charge in [0.15, 0.2) is 11.6 Å². The van der Waals surface area contributed by atoms with Crippen LogP contribution in [0.15, 0.2) is 6.20 Å². The highest BCUT2D eigenvalue weighted by molar-refractivity contribution is 7.93. The number of hydrogen-bond acceptors (Lipinski definition) is 6. The third kappa shape index (κ3) is 3.63. The lowest BCUT2D eigenvalue weighted by Crippen LogP contribution is -2.25. The van der Waals surface area contributed by atoms with Crippen LogP contribution in [0.25, 0.3) is 0 Å². The van der Waals surface area contributed by atoms with Crippen molar-refractivity contribution in [3.05, 3.63) is 6.20 Å². The molecular weight excluding hydrogens is 248 g/mol. The number of rotatable bonds is 5. The Morgan fingerprint density at radius 1 is 1.65 bits per heavy atom. The number of nitrogens with zero attached hydrogens (tertiary/aromatic N) is 2. The number of aromatic nitrogens is 2. The topological polar surface area (TPSA) is 116 Å². The quantitative estimate of drug-likeness (QED) is 0.678. The third-order valence-corrected chi connectivity index (χ3v) is 2.95. The summed E-state index contributed by atoms with van der Waals surface area (Å²) in [6.45, 7) is 1.72. The molecule has 0 aliphatic heterocycles. The van der Waals surface area contributed by atoms with Gasteiger partial charge in [-0.3, -0.25) is 14.2 Å². The summed E-state index contributed by atoms with van der Waals surface area (Å²) in [6.07, 6.45) is 1.31. The van der Waals surface area contributed by atoms with E-state index in [2.05, 4.69) is 14.6 Å². The summed E-state index contributed by atoms with van der Waals surface area (Å²) in [5, 5.41) is 3.76. The summed E-state index contributed by atoms with van der Waals surface area (Å²) in [5.41, 5.74) is 5.69. The van der Waals surface area contributed by atoms with E-state index in [1.165, 1.54) is 17.9 Å². The van der Waals surface area contributed by atoms with E-state index in [0.29, 0.717) is 0 Å². The minimum Gasteiger partial charge on any atom is -0.465 e. The molecule has 1 rings (SSSR count). The molecule has 0 unspecified atom stereocenters. The van der Waals surface area contributed by atoms with Crippen LogP contribution < -0.4 is 10.5 Å². The van der Waals surface area contributed by atoms with E-state index in [1.807, 2.05) is 0 Å². The Bertz CT molecular complexity index is 488. The van der Waals surface area contributed by atoms with Crippen LogP contribution in [0, 0.1) is 0 Å². The predicted octanol–water partition coefficient (Wildman–Crippen LogP) is -0.693. The van der Waals surface area contributed by atoms with Crippen LogP contribution in [0.1, 0.15) is 6.92 Å². The molecule has 1 aromatic heterocycles. The average molecular weight is 262 g/mol. The van der Waals surface area contributed by atoms with Crippen LogP contribution in [0.2, 0.25) is 0 Å². The lowest BCUT2D eigenvalue weighted by atomic mass is 10.5. The van der Waals surface area contributed by atoms with Crippen molar-refractivity contribution in [2.75, 3.05) is 22.8 Å². The Hall–Kier alpha value is -1.77. The molecule has 8 nitrogen and oxygen atoms in total. The second-order valence-corrected chi connectivity index (χ2v) is 4.96. The number of carbonyl (C=O) groups is 1. The van der Waals surface area contributed by atoms with Crippen LogP contribution in [0.3, 0.4) is 0 Å². The van der Waals surface area contributed by atoms with Gasteiger partial charge in [0, 0.05) is 7.05 Å². The van der Waals surface area contributed by atoms with E-state index < -0.39 is 21.7 Å². The van der Waals surface area contributed by atoms with Gasteiger partial charge in [-0.25, -0.2) is 8.42 Å². The van der Waals surface area contributed by atoms with E-state index in [0.717, 1.165) is 0 Å². The van der Waals surface area contributed by atoms with Crippen LogP contribution in [0.4, 0.5) is 11.5 Å². The molecule has 0 spiro atoms. The smallest absolute Gasteiger partial charge is 0.323 e. The highest BCUT2D eigenvalue weighted by Crippen LogP contribution is 2.17. The van der Waals surface area contributed by atoms with Crippen molar-refractivity contribution in [2.45, 2.75) is 6.92 Å². The normalized spacial score (nSPS) is 11.2. The number of anilines is 2. The fourth-order valence-corrected chi connectivity index (χ4v) is 2.13. The number of nitrogens with two attached hydrogens (primary N) is 1. The van der Waals surface area contributed by atoms with Gasteiger partial charge in [-0.1, -0.05) is 0 Å². The zero-order chi connectivity index (χ0) is 13.1. The molecule has 0 aliphatic rings. The molecule has 9 heteroatoms. The first kappa shape index (κ1) is 13.3. The molecule has 96 valence electrons. The number of hydrogen-bond donors (Lipinski definition) is 2. The first-order valence-electron chi connectivity index (χ1n) is 4.79. The molecule has 0 bridgehead atoms. The summed E-state index contributed by atoms with van der Waals surface area (Å²) < 4.78 is 31.1. The van der Waals surface area contributed by atoms with Gasteiger partial charge in [-0.15, -0.1) is 0 Å². The highest BCUT2D eigenvalue weighted by Gasteiger charge is 2.20. The number of nitrogens with one attached hydrogen (secondary N) is 1. The Labute approximate surface area is 98.8 Å². The zero-order valence-electron chi connectivity index (χ0n) is 9.50. The lowest BCUT2D eigenvalue weighted by molar-refractivity contribution is -0.139. The first-order chi connectivity index (χ1) is 7.85. The van der Waals surface area contributed by atoms with Crippen LogP contribution in [-0.2, 0) is 26.6 Å². The Morgan fingerprint density at radius 2 is 2.29 bits per heavy atom. The fourth-order valence-electron chi connectivity index (χ4n) is 1.12. The molecule has 0 amide bonds. The summed E-state index contributed by atoms with van der Waals surface area (Å²) in [6, 6.07) is 0. The largest absolute Gasteiger partial charge is 0.465 e. The summed E-state index contributed by atoms with van der Waals surface area (Å²) in [5.74, 6) is -1.46. The molecule has 0 saturated carbocycles. The minimum absolute atomic E-state index is 0.120. The number of esters is 1. The van der Waals surface area contributed by atoms with Crippen molar-refractivity contribution in [1.82, 2.24) is 9.78 Å². The molecule has 17 heavy (non-hydrogen) atoms. The van der Waals surface area contributed by atoms with Crippen molar-refractivity contribution in [1.29, 1.82) is 0 Å². The summed E-state index contributed by atoms with van der Waals surface area (Å²) in [7, 11) is -2.31. The molecular formula is C8H14N4O4S. The Kier molecular flexibility index (Phi) is 3.94. The van der Waals surface area contributed by atoms with Crippen molar-refractivity contribution >= 4 is 27.5 Å². The molecule has 1 heterocycles. The number of nitrogen functional groups attached to an aromatic ring is 1. The molecule has 1 aromatic rings. The fraction of sp³-hybridized carbons (Fsp3) is 0.500. The maximum absolute atomic E-state index is 11.6. The van der Waals surface area contributed by atoms with E-state index in [9.17, 15) is 13.2 Å². The third-order valence-electron chi connectivity index (χ3n) is 1.83. The standard InChI is InChI=1S/C8H14N4O4S/c1-3-16-7(13)5-17(14,15)11-8-6(9)4-10-12(8)2/h4,11H,3,5,9H2,1-2H3. The molecule has 0 atom stereocenters. The van der Waals surface area contributed by atoms with Gasteiger partial charge in [0.2, 0.25) is 10.0 Å². The first-order valence-corrected chi connectivity index (χ1v) is 6.44. The van der Waals surface area contributed by atoms with Gasteiger partial charge in [-0.2, -0.15) is 5.10 Å². The lowest BCUT2D eigenvalue weighted by Gasteiger charge is -2.08. The van der Waals surface area contributed by atoms with Crippen molar-refractivity contribution in [3.63, 3.8) is 0 Å². The number of carbonyl (C=O) groups excluding carboxylic acids is 1. The molecule has 0 aromatic carbocycles. The molecule has 0 fully saturated rings. The Balaban J connectivity index is 2.77. The molecule has 0 aliphatic carbocycles. The van der Waals surface area contributed by atoms with E-state index >= 15 is 0 Å². The number of aryl methyl sites for hydroxylation is 1. The van der Waals surface area contributed by atoms with Crippen molar-refractivity contribution in [2.24, 2.45) is 7.05 Å². The van der Waals surface area contributed by atoms with E-state index in [4.69, 9.17) is 5.73 Å². The predicted molar refractivity (Wildman–Crippen MR) is 61.7 cm³/mol. The molecule has 0 radical (unpaired) electrons. The zero-order valence-corrected chi connectivity index (χ0v) is 10.3. The van der Waals surface area contributed by atoms with Gasteiger partial charge in [-0.05, 0) is 6.92 Å². The Morgan fingerprint density at radius 3 is 2.76 bits per heavy atom. The van der Waals surface area contributed by atoms with Crippen molar-refractivity contribution in [3.8, 4) is 0 Å². The molecule has 0 saturated heterocycles. The molecule has 3 N–H and O–H groups in total. The van der Waals surface area contributed by atoms with Crippen LogP contribution >= 0.6 is 0 Å². The van der Waals surface area contributed by atoms with Crippen molar-refractivity contribution < 1.29 is 17.9 Å². The van der Waals surface area contributed by atoms with Crippen LogP contribution in [-0.4, -0.2) is 36.5 Å². The van der Waals surface area contributed by atoms with E-state index in [1.54, 1.807) is 6.92 Å². The van der Waals surface area contributed by atoms with Gasteiger partial charge >= 0.3 is 5.97 Å². The average Bonchev–Trinajstić information content (AvgIpc) is 2.48. The maximum Gasteiger partial charge on any atom is 0.323 e. The summed E-state index contributed by atoms with van der Waals surface area (Å²) in [4.78, 5) is 11.1. The highest BCUT2D eigenvalue weighted by atomic mass is 32.2. The van der Waals surface area contributed by atoms with Gasteiger partial charge < -0.3 is 10.5 Å². The van der Waals surface area contributed by atoms with Gasteiger partial charge in [0.05, 0.1) is 18.5 Å². The van der Waals surface area contributed by atoms with Gasteiger partial charge in [0.25, 0.3) is 0 Å². The number of sulfonamides is 1. The van der Waals surface area contributed by atoms with E-state index in [-0.39, 0.29) is 18.1 Å². The van der Waals surface area contributed by atoms with Gasteiger partial charge in [0.1, 0.15) is 0 Å². The SMILES string of the molecule is CCOC(=O)CS(=O)(=O)Nc1c(N)cnn1C. The number of ether oxygens (including phenoxy) is 1. The maximum atomic E-state index is 11.6. The second kappa shape index (κ2) is 5.04. The monoisotopic (exact) mass is 262 g/mol. The second-order valence-electron chi connectivity index (χ2n) is 3.24.